The Hall–Kier alpha value is -2.04. The van der Waals surface area contributed by atoms with E-state index >= 15 is 0 Å². The lowest BCUT2D eigenvalue weighted by Gasteiger charge is -2.27. The molecule has 1 aromatic rings. The Labute approximate surface area is 156 Å². The molecule has 0 unspecified atom stereocenters. The van der Waals surface area contributed by atoms with Crippen LogP contribution in [0.4, 0.5) is 0 Å². The summed E-state index contributed by atoms with van der Waals surface area (Å²) in [7, 11) is 0. The molecule has 1 aliphatic carbocycles. The number of hydrogen-bond donors (Lipinski definition) is 0. The summed E-state index contributed by atoms with van der Waals surface area (Å²) in [5.41, 5.74) is 0.522. The summed E-state index contributed by atoms with van der Waals surface area (Å²) in [6.07, 6.45) is 4.67. The number of carbonyl (C=O) groups is 2. The second-order valence-electron chi connectivity index (χ2n) is 7.09. The number of hydrogen-bond acceptors (Lipinski definition) is 5. The molecule has 0 spiro atoms. The molecular weight excluding hydrogens is 332 g/mol. The molecule has 0 aliphatic heterocycles. The minimum absolute atomic E-state index is 0.0769. The van der Waals surface area contributed by atoms with Gasteiger partial charge in [-0.05, 0) is 70.2 Å². The standard InChI is InChI=1S/C21H30O5/c1-4-5-14-24-18-10-6-17(7-11-18)21(23)26-19-12-8-16(9-13-19)20(22)25-15(2)3/h6-7,10-11,15-16,19H,4-5,8-9,12-14H2,1-3H3. The van der Waals surface area contributed by atoms with E-state index in [2.05, 4.69) is 6.92 Å². The van der Waals surface area contributed by atoms with Crippen LogP contribution in [0.3, 0.4) is 0 Å². The third-order valence-corrected chi connectivity index (χ3v) is 4.49. The van der Waals surface area contributed by atoms with Crippen molar-refractivity contribution in [3.05, 3.63) is 29.8 Å². The van der Waals surface area contributed by atoms with Gasteiger partial charge in [0.15, 0.2) is 0 Å². The topological polar surface area (TPSA) is 61.8 Å². The molecule has 0 aromatic heterocycles. The first-order chi connectivity index (χ1) is 12.5. The van der Waals surface area contributed by atoms with E-state index in [1.54, 1.807) is 24.3 Å². The Morgan fingerprint density at radius 2 is 1.73 bits per heavy atom. The maximum atomic E-state index is 12.3. The molecule has 26 heavy (non-hydrogen) atoms. The lowest BCUT2D eigenvalue weighted by atomic mass is 9.87. The molecule has 1 fully saturated rings. The van der Waals surface area contributed by atoms with Crippen molar-refractivity contribution in [2.75, 3.05) is 6.61 Å². The highest BCUT2D eigenvalue weighted by Gasteiger charge is 2.29. The maximum Gasteiger partial charge on any atom is 0.338 e. The average Bonchev–Trinajstić information content (AvgIpc) is 2.62. The minimum Gasteiger partial charge on any atom is -0.494 e. The zero-order chi connectivity index (χ0) is 18.9. The van der Waals surface area contributed by atoms with Crippen LogP contribution in [0.2, 0.25) is 0 Å². The van der Waals surface area contributed by atoms with Gasteiger partial charge in [-0.25, -0.2) is 4.79 Å². The number of esters is 2. The highest BCUT2D eigenvalue weighted by atomic mass is 16.5. The molecule has 1 aromatic carbocycles. The van der Waals surface area contributed by atoms with Gasteiger partial charge in [0.1, 0.15) is 11.9 Å². The first kappa shape index (κ1) is 20.3. The molecule has 0 bridgehead atoms. The molecule has 0 atom stereocenters. The Kier molecular flexibility index (Phi) is 7.95. The zero-order valence-electron chi connectivity index (χ0n) is 16.0. The Morgan fingerprint density at radius 3 is 2.31 bits per heavy atom. The van der Waals surface area contributed by atoms with Gasteiger partial charge < -0.3 is 14.2 Å². The SMILES string of the molecule is CCCCOc1ccc(C(=O)OC2CCC(C(=O)OC(C)C)CC2)cc1. The quantitative estimate of drug-likeness (QED) is 0.502. The first-order valence-electron chi connectivity index (χ1n) is 9.64. The molecule has 0 saturated heterocycles. The van der Waals surface area contributed by atoms with E-state index < -0.39 is 0 Å². The molecule has 1 aliphatic rings. The van der Waals surface area contributed by atoms with Crippen molar-refractivity contribution in [1.82, 2.24) is 0 Å². The molecule has 2 rings (SSSR count). The molecule has 0 heterocycles. The van der Waals surface area contributed by atoms with Crippen molar-refractivity contribution in [2.24, 2.45) is 5.92 Å². The zero-order valence-corrected chi connectivity index (χ0v) is 16.0. The van der Waals surface area contributed by atoms with Gasteiger partial charge in [-0.2, -0.15) is 0 Å². The summed E-state index contributed by atoms with van der Waals surface area (Å²) in [6, 6.07) is 7.06. The van der Waals surface area contributed by atoms with E-state index in [4.69, 9.17) is 14.2 Å². The molecular formula is C21H30O5. The normalized spacial score (nSPS) is 19.8. The maximum absolute atomic E-state index is 12.3. The van der Waals surface area contributed by atoms with Crippen LogP contribution >= 0.6 is 0 Å². The van der Waals surface area contributed by atoms with E-state index in [1.807, 2.05) is 13.8 Å². The van der Waals surface area contributed by atoms with Gasteiger partial charge in [0.25, 0.3) is 0 Å². The monoisotopic (exact) mass is 362 g/mol. The number of unbranched alkanes of at least 4 members (excludes halogenated alkanes) is 1. The minimum atomic E-state index is -0.321. The van der Waals surface area contributed by atoms with Gasteiger partial charge in [-0.3, -0.25) is 4.79 Å². The van der Waals surface area contributed by atoms with Gasteiger partial charge in [0.2, 0.25) is 0 Å². The van der Waals surface area contributed by atoms with Crippen LogP contribution in [-0.2, 0) is 14.3 Å². The average molecular weight is 362 g/mol. The van der Waals surface area contributed by atoms with Crippen molar-refractivity contribution in [3.63, 3.8) is 0 Å². The fraction of sp³-hybridized carbons (Fsp3) is 0.619. The first-order valence-corrected chi connectivity index (χ1v) is 9.64. The molecule has 0 amide bonds. The lowest BCUT2D eigenvalue weighted by Crippen LogP contribution is -2.30. The van der Waals surface area contributed by atoms with E-state index in [1.165, 1.54) is 0 Å². The van der Waals surface area contributed by atoms with Gasteiger partial charge in [0, 0.05) is 0 Å². The van der Waals surface area contributed by atoms with Gasteiger partial charge >= 0.3 is 11.9 Å². The summed E-state index contributed by atoms with van der Waals surface area (Å²) >= 11 is 0. The second-order valence-corrected chi connectivity index (χ2v) is 7.09. The Bertz CT molecular complexity index is 571. The lowest BCUT2D eigenvalue weighted by molar-refractivity contribution is -0.154. The second kappa shape index (κ2) is 10.2. The van der Waals surface area contributed by atoms with Crippen LogP contribution in [0.25, 0.3) is 0 Å². The largest absolute Gasteiger partial charge is 0.494 e. The highest BCUT2D eigenvalue weighted by Crippen LogP contribution is 2.28. The van der Waals surface area contributed by atoms with E-state index in [0.717, 1.165) is 18.6 Å². The fourth-order valence-electron chi connectivity index (χ4n) is 2.99. The van der Waals surface area contributed by atoms with Crippen molar-refractivity contribution >= 4 is 11.9 Å². The number of carbonyl (C=O) groups excluding carboxylic acids is 2. The van der Waals surface area contributed by atoms with E-state index in [9.17, 15) is 9.59 Å². The number of benzene rings is 1. The van der Waals surface area contributed by atoms with E-state index in [0.29, 0.717) is 37.9 Å². The third kappa shape index (κ3) is 6.36. The number of ether oxygens (including phenoxy) is 3. The molecule has 5 nitrogen and oxygen atoms in total. The Morgan fingerprint density at radius 1 is 1.08 bits per heavy atom. The molecule has 144 valence electrons. The predicted octanol–water partition coefficient (Wildman–Crippen LogP) is 4.53. The third-order valence-electron chi connectivity index (χ3n) is 4.49. The van der Waals surface area contributed by atoms with Crippen molar-refractivity contribution in [2.45, 2.75) is 71.5 Å². The molecule has 5 heteroatoms. The molecule has 0 radical (unpaired) electrons. The fourth-order valence-corrected chi connectivity index (χ4v) is 2.99. The number of rotatable bonds is 8. The van der Waals surface area contributed by atoms with Crippen LogP contribution in [0.5, 0.6) is 5.75 Å². The van der Waals surface area contributed by atoms with Crippen molar-refractivity contribution < 1.29 is 23.8 Å². The van der Waals surface area contributed by atoms with Crippen LogP contribution in [0, 0.1) is 5.92 Å². The summed E-state index contributed by atoms with van der Waals surface area (Å²) < 4.78 is 16.5. The summed E-state index contributed by atoms with van der Waals surface area (Å²) in [5, 5.41) is 0. The molecule has 1 saturated carbocycles. The Balaban J connectivity index is 1.77. The highest BCUT2D eigenvalue weighted by molar-refractivity contribution is 5.89. The van der Waals surface area contributed by atoms with Crippen LogP contribution in [0.15, 0.2) is 24.3 Å². The van der Waals surface area contributed by atoms with Crippen LogP contribution in [-0.4, -0.2) is 30.8 Å². The van der Waals surface area contributed by atoms with Crippen LogP contribution in [0.1, 0.15) is 69.7 Å². The smallest absolute Gasteiger partial charge is 0.338 e. The summed E-state index contributed by atoms with van der Waals surface area (Å²) in [6.45, 7) is 6.50. The molecule has 0 N–H and O–H groups in total. The van der Waals surface area contributed by atoms with Crippen molar-refractivity contribution in [1.29, 1.82) is 0 Å². The predicted molar refractivity (Wildman–Crippen MR) is 99.2 cm³/mol. The van der Waals surface area contributed by atoms with Gasteiger partial charge in [-0.15, -0.1) is 0 Å². The van der Waals surface area contributed by atoms with Crippen molar-refractivity contribution in [3.8, 4) is 5.75 Å². The van der Waals surface area contributed by atoms with Crippen LogP contribution < -0.4 is 4.74 Å². The summed E-state index contributed by atoms with van der Waals surface area (Å²) in [4.78, 5) is 24.2. The summed E-state index contributed by atoms with van der Waals surface area (Å²) in [5.74, 6) is 0.229. The van der Waals surface area contributed by atoms with Gasteiger partial charge in [0.05, 0.1) is 24.2 Å². The van der Waals surface area contributed by atoms with Gasteiger partial charge in [-0.1, -0.05) is 13.3 Å². The van der Waals surface area contributed by atoms with E-state index in [-0.39, 0.29) is 30.1 Å².